The van der Waals surface area contributed by atoms with Gasteiger partial charge >= 0.3 is 23.9 Å². The van der Waals surface area contributed by atoms with Crippen LogP contribution in [0.3, 0.4) is 0 Å². The minimum absolute atomic E-state index is 0.00680. The second-order valence-electron chi connectivity index (χ2n) is 9.94. The Morgan fingerprint density at radius 3 is 2.48 bits per heavy atom. The molecule has 4 unspecified atom stereocenters. The number of fused-ring (bicyclic) bond motifs is 1. The van der Waals surface area contributed by atoms with Crippen molar-refractivity contribution in [3.63, 3.8) is 0 Å². The number of hydrogen-bond donors (Lipinski definition) is 8. The number of carbonyl (C=O) groups is 6. The molecule has 0 bridgehead atoms. The van der Waals surface area contributed by atoms with E-state index < -0.39 is 66.2 Å². The van der Waals surface area contributed by atoms with Gasteiger partial charge in [0.05, 0.1) is 6.04 Å². The summed E-state index contributed by atoms with van der Waals surface area (Å²) in [4.78, 5) is 91.4. The Morgan fingerprint density at radius 2 is 1.86 bits per heavy atom. The highest BCUT2D eigenvalue weighted by molar-refractivity contribution is 5.98. The number of rotatable bonds is 14. The summed E-state index contributed by atoms with van der Waals surface area (Å²) in [6.45, 7) is 0.896. The molecule has 0 spiro atoms. The van der Waals surface area contributed by atoms with Crippen LogP contribution in [0.25, 0.3) is 0 Å². The van der Waals surface area contributed by atoms with Crippen molar-refractivity contribution < 1.29 is 43.7 Å². The zero-order chi connectivity index (χ0) is 32.6. The van der Waals surface area contributed by atoms with E-state index in [2.05, 4.69) is 30.7 Å². The third-order valence-corrected chi connectivity index (χ3v) is 6.62. The lowest BCUT2D eigenvalue weighted by molar-refractivity contribution is -0.163. The lowest BCUT2D eigenvalue weighted by Crippen LogP contribution is -2.44. The van der Waals surface area contributed by atoms with Gasteiger partial charge in [-0.15, -0.1) is 0 Å². The van der Waals surface area contributed by atoms with Gasteiger partial charge in [-0.05, 0) is 37.1 Å². The van der Waals surface area contributed by atoms with Gasteiger partial charge in [0.25, 0.3) is 11.5 Å². The second kappa shape index (κ2) is 14.6. The van der Waals surface area contributed by atoms with Crippen LogP contribution >= 0.6 is 0 Å². The monoisotopic (exact) mass is 616 g/mol. The molecule has 44 heavy (non-hydrogen) atoms. The van der Waals surface area contributed by atoms with Crippen molar-refractivity contribution in [2.24, 2.45) is 11.7 Å². The molecule has 1 aromatic heterocycles. The number of nitrogens with one attached hydrogen (secondary N) is 4. The predicted molar refractivity (Wildman–Crippen MR) is 154 cm³/mol. The minimum Gasteiger partial charge on any atom is -0.480 e. The number of nitrogen functional groups attached to an aromatic ring is 1. The number of esters is 2. The molecule has 18 heteroatoms. The fourth-order valence-corrected chi connectivity index (χ4v) is 4.20. The number of amides is 1. The van der Waals surface area contributed by atoms with Crippen LogP contribution in [0, 0.1) is 5.92 Å². The van der Waals surface area contributed by atoms with E-state index in [0.29, 0.717) is 24.6 Å². The van der Waals surface area contributed by atoms with Crippen LogP contribution < -0.4 is 37.9 Å². The van der Waals surface area contributed by atoms with E-state index in [1.54, 1.807) is 19.2 Å². The van der Waals surface area contributed by atoms with E-state index in [9.17, 15) is 38.7 Å². The molecule has 1 aliphatic rings. The number of carboxylic acid groups (broad SMARTS) is 2. The molecule has 3 rings (SSSR count). The third-order valence-electron chi connectivity index (χ3n) is 6.62. The zero-order valence-corrected chi connectivity index (χ0v) is 23.4. The number of aromatic nitrogens is 2. The first kappa shape index (κ1) is 33.0. The van der Waals surface area contributed by atoms with Gasteiger partial charge < -0.3 is 52.1 Å². The number of likely N-dealkylation sites (N-methyl/N-ethyl adjacent to an activating group) is 1. The number of aliphatic carboxylic acids is 2. The van der Waals surface area contributed by atoms with Crippen LogP contribution in [-0.2, 0) is 28.7 Å². The van der Waals surface area contributed by atoms with Gasteiger partial charge in [-0.25, -0.2) is 4.79 Å². The Bertz CT molecular complexity index is 1480. The molecule has 0 radical (unpaired) electrons. The maximum atomic E-state index is 12.8. The molecular formula is C26H32N8O10. The molecule has 1 aromatic carbocycles. The molecule has 18 nitrogen and oxygen atoms in total. The van der Waals surface area contributed by atoms with Crippen molar-refractivity contribution in [3.05, 3.63) is 40.2 Å². The SMILES string of the molecule is CN(CC1CNc2nc(N)[nH]c(=O)c2N1)c1ccc(C(=O)NC(CC(C=O)C(=O)OC(=O)CCC(N)C(=O)O)C(=O)O)cc1. The lowest BCUT2D eigenvalue weighted by atomic mass is 10.0. The van der Waals surface area contributed by atoms with E-state index in [1.165, 1.54) is 12.1 Å². The lowest BCUT2D eigenvalue weighted by Gasteiger charge is -2.31. The van der Waals surface area contributed by atoms with Gasteiger partial charge in [-0.3, -0.25) is 29.0 Å². The number of carboxylic acids is 2. The summed E-state index contributed by atoms with van der Waals surface area (Å²) in [7, 11) is 1.79. The van der Waals surface area contributed by atoms with E-state index in [4.69, 9.17) is 16.6 Å². The van der Waals surface area contributed by atoms with Crippen molar-refractivity contribution in [3.8, 4) is 0 Å². The largest absolute Gasteiger partial charge is 0.480 e. The van der Waals surface area contributed by atoms with Crippen LogP contribution in [0.1, 0.15) is 29.6 Å². The van der Waals surface area contributed by atoms with Crippen molar-refractivity contribution in [2.45, 2.75) is 37.4 Å². The van der Waals surface area contributed by atoms with Crippen LogP contribution in [0.15, 0.2) is 29.1 Å². The molecule has 0 aliphatic carbocycles. The van der Waals surface area contributed by atoms with Crippen LogP contribution in [0.5, 0.6) is 0 Å². The predicted octanol–water partition coefficient (Wildman–Crippen LogP) is -1.66. The van der Waals surface area contributed by atoms with Gasteiger partial charge in [-0.1, -0.05) is 0 Å². The number of nitrogens with zero attached hydrogens (tertiary/aromatic N) is 2. The van der Waals surface area contributed by atoms with Crippen LogP contribution in [0.4, 0.5) is 23.1 Å². The summed E-state index contributed by atoms with van der Waals surface area (Å²) in [5, 5.41) is 26.7. The first-order valence-electron chi connectivity index (χ1n) is 13.2. The minimum atomic E-state index is -1.71. The normalized spacial score (nSPS) is 15.6. The average Bonchev–Trinajstić information content (AvgIpc) is 2.97. The first-order chi connectivity index (χ1) is 20.8. The fraction of sp³-hybridized carbons (Fsp3) is 0.385. The molecule has 1 aliphatic heterocycles. The second-order valence-corrected chi connectivity index (χ2v) is 9.94. The number of aromatic amines is 1. The highest BCUT2D eigenvalue weighted by Crippen LogP contribution is 2.22. The number of H-pyrrole nitrogens is 1. The molecule has 236 valence electrons. The van der Waals surface area contributed by atoms with Gasteiger partial charge in [0.2, 0.25) is 5.95 Å². The molecule has 10 N–H and O–H groups in total. The standard InChI is InChI=1S/C26H32N8O10/c1-34(10-14-9-29-20-19(30-14)22(38)33-26(28)32-20)15-4-2-12(3-5-15)21(37)31-17(24(41)42)8-13(11-35)25(43)44-18(36)7-6-16(27)23(39)40/h2-5,11,13-14,16-17,30H,6-10,27H2,1H3,(H,31,37)(H,39,40)(H,41,42)(H4,28,29,32,33,38). The Balaban J connectivity index is 1.56. The number of hydrogen-bond acceptors (Lipinski definition) is 14. The first-order valence-corrected chi connectivity index (χ1v) is 13.2. The zero-order valence-electron chi connectivity index (χ0n) is 23.4. The van der Waals surface area contributed by atoms with Gasteiger partial charge in [0.15, 0.2) is 5.82 Å². The molecule has 2 aromatic rings. The number of ether oxygens (including phenoxy) is 1. The van der Waals surface area contributed by atoms with Gasteiger partial charge in [0.1, 0.15) is 30.0 Å². The Labute approximate surface area is 249 Å². The van der Waals surface area contributed by atoms with Gasteiger partial charge in [-0.2, -0.15) is 4.98 Å². The molecule has 2 heterocycles. The molecule has 4 atom stereocenters. The molecular weight excluding hydrogens is 584 g/mol. The average molecular weight is 617 g/mol. The van der Waals surface area contributed by atoms with E-state index in [0.717, 1.165) is 0 Å². The number of nitrogens with two attached hydrogens (primary N) is 2. The molecule has 0 saturated carbocycles. The van der Waals surface area contributed by atoms with Crippen molar-refractivity contribution in [2.75, 3.05) is 41.4 Å². The Kier molecular flexibility index (Phi) is 10.9. The fourth-order valence-electron chi connectivity index (χ4n) is 4.20. The number of carbonyl (C=O) groups excluding carboxylic acids is 4. The van der Waals surface area contributed by atoms with Gasteiger partial charge in [0, 0.05) is 37.8 Å². The summed E-state index contributed by atoms with van der Waals surface area (Å²) in [5.74, 6) is -7.56. The highest BCUT2D eigenvalue weighted by Gasteiger charge is 2.31. The Hall–Kier alpha value is -5.52. The summed E-state index contributed by atoms with van der Waals surface area (Å²) in [6, 6.07) is 2.90. The molecule has 1 amide bonds. The topological polar surface area (TPSA) is 289 Å². The summed E-state index contributed by atoms with van der Waals surface area (Å²) in [6.07, 6.45) is -1.47. The maximum Gasteiger partial charge on any atom is 0.326 e. The van der Waals surface area contributed by atoms with Crippen LogP contribution in [0.2, 0.25) is 0 Å². The smallest absolute Gasteiger partial charge is 0.326 e. The molecule has 0 saturated heterocycles. The summed E-state index contributed by atoms with van der Waals surface area (Å²) in [5.41, 5.74) is 11.5. The van der Waals surface area contributed by atoms with E-state index in [-0.39, 0.29) is 35.9 Å². The number of benzene rings is 1. The Morgan fingerprint density at radius 1 is 1.18 bits per heavy atom. The van der Waals surface area contributed by atoms with Crippen molar-refractivity contribution >= 4 is 59.2 Å². The number of aldehydes is 1. The van der Waals surface area contributed by atoms with Crippen molar-refractivity contribution in [1.82, 2.24) is 15.3 Å². The number of anilines is 4. The summed E-state index contributed by atoms with van der Waals surface area (Å²) >= 11 is 0. The third kappa shape index (κ3) is 8.74. The van der Waals surface area contributed by atoms with Crippen molar-refractivity contribution in [1.29, 1.82) is 0 Å². The van der Waals surface area contributed by atoms with E-state index >= 15 is 0 Å². The summed E-state index contributed by atoms with van der Waals surface area (Å²) < 4.78 is 4.52. The molecule has 0 fully saturated rings. The quantitative estimate of drug-likeness (QED) is 0.0669. The van der Waals surface area contributed by atoms with Crippen LogP contribution in [-0.4, -0.2) is 94.5 Å². The van der Waals surface area contributed by atoms with E-state index in [1.807, 2.05) is 4.90 Å². The maximum absolute atomic E-state index is 12.8. The highest BCUT2D eigenvalue weighted by atomic mass is 16.6.